The van der Waals surface area contributed by atoms with Crippen molar-refractivity contribution in [1.82, 2.24) is 9.55 Å². The van der Waals surface area contributed by atoms with Gasteiger partial charge in [-0.25, -0.2) is 4.98 Å². The van der Waals surface area contributed by atoms with Crippen molar-refractivity contribution in [3.05, 3.63) is 68.7 Å². The Bertz CT molecular complexity index is 1340. The standard InChI is InChI=1S/C23H22N2O5S2/c1-13-14(2)32-21-20(13)22(27)25(11-16-6-5-9-30-16)23(24-21)31-12-17(26)15-7-8-18(28-3)19(10-15)29-4/h5-10H,11-12H2,1-4H3. The maximum atomic E-state index is 13.3. The van der Waals surface area contributed by atoms with Crippen LogP contribution >= 0.6 is 23.1 Å². The first-order chi connectivity index (χ1) is 15.4. The highest BCUT2D eigenvalue weighted by molar-refractivity contribution is 7.99. The molecule has 0 aliphatic heterocycles. The minimum absolute atomic E-state index is 0.103. The predicted molar refractivity (Wildman–Crippen MR) is 126 cm³/mol. The Labute approximate surface area is 193 Å². The van der Waals surface area contributed by atoms with E-state index in [2.05, 4.69) is 0 Å². The number of Topliss-reactive ketones (excluding diaryl/α,β-unsaturated/α-hetero) is 1. The number of furan rings is 1. The summed E-state index contributed by atoms with van der Waals surface area (Å²) < 4.78 is 17.6. The van der Waals surface area contributed by atoms with Gasteiger partial charge in [-0.1, -0.05) is 11.8 Å². The molecule has 1 aromatic carbocycles. The van der Waals surface area contributed by atoms with Crippen molar-refractivity contribution in [2.75, 3.05) is 20.0 Å². The topological polar surface area (TPSA) is 83.6 Å². The van der Waals surface area contributed by atoms with Gasteiger partial charge in [0.2, 0.25) is 0 Å². The minimum atomic E-state index is -0.130. The molecule has 9 heteroatoms. The molecule has 3 aromatic heterocycles. The summed E-state index contributed by atoms with van der Waals surface area (Å²) in [6, 6.07) is 8.64. The molecule has 0 spiro atoms. The second-order valence-corrected chi connectivity index (χ2v) is 9.26. The molecule has 0 radical (unpaired) electrons. The number of benzene rings is 1. The average Bonchev–Trinajstić information content (AvgIpc) is 3.41. The number of ketones is 1. The number of aryl methyl sites for hydroxylation is 2. The first-order valence-electron chi connectivity index (χ1n) is 9.84. The third kappa shape index (κ3) is 4.18. The minimum Gasteiger partial charge on any atom is -0.493 e. The third-order valence-corrected chi connectivity index (χ3v) is 7.26. The quantitative estimate of drug-likeness (QED) is 0.209. The molecule has 0 saturated carbocycles. The SMILES string of the molecule is COc1ccc(C(=O)CSc2nc3sc(C)c(C)c3c(=O)n2Cc2ccco2)cc1OC. The van der Waals surface area contributed by atoms with Crippen LogP contribution in [0.15, 0.2) is 51.0 Å². The van der Waals surface area contributed by atoms with Gasteiger partial charge in [0.1, 0.15) is 10.6 Å². The van der Waals surface area contributed by atoms with Gasteiger partial charge < -0.3 is 13.9 Å². The van der Waals surface area contributed by atoms with Crippen LogP contribution in [-0.4, -0.2) is 35.3 Å². The fourth-order valence-electron chi connectivity index (χ4n) is 3.34. The van der Waals surface area contributed by atoms with Gasteiger partial charge in [-0.15, -0.1) is 11.3 Å². The fourth-order valence-corrected chi connectivity index (χ4v) is 5.30. The molecule has 0 amide bonds. The zero-order valence-corrected chi connectivity index (χ0v) is 19.8. The van der Waals surface area contributed by atoms with Gasteiger partial charge in [0, 0.05) is 10.4 Å². The van der Waals surface area contributed by atoms with E-state index in [1.54, 1.807) is 42.2 Å². The molecule has 0 aliphatic rings. The van der Waals surface area contributed by atoms with Gasteiger partial charge in [0.25, 0.3) is 5.56 Å². The first kappa shape index (κ1) is 22.2. The monoisotopic (exact) mass is 470 g/mol. The zero-order valence-electron chi connectivity index (χ0n) is 18.1. The molecule has 0 fully saturated rings. The van der Waals surface area contributed by atoms with Gasteiger partial charge in [-0.3, -0.25) is 14.2 Å². The Balaban J connectivity index is 1.67. The van der Waals surface area contributed by atoms with E-state index in [0.29, 0.717) is 38.2 Å². The van der Waals surface area contributed by atoms with E-state index in [9.17, 15) is 9.59 Å². The number of carbonyl (C=O) groups is 1. The lowest BCUT2D eigenvalue weighted by Crippen LogP contribution is -2.24. The van der Waals surface area contributed by atoms with Gasteiger partial charge >= 0.3 is 0 Å². The Morgan fingerprint density at radius 3 is 2.66 bits per heavy atom. The van der Waals surface area contributed by atoms with Crippen LogP contribution in [0.5, 0.6) is 11.5 Å². The van der Waals surface area contributed by atoms with E-state index in [1.165, 1.54) is 30.2 Å². The highest BCUT2D eigenvalue weighted by Crippen LogP contribution is 2.30. The summed E-state index contributed by atoms with van der Waals surface area (Å²) in [6.07, 6.45) is 1.57. The van der Waals surface area contributed by atoms with Crippen LogP contribution in [0.25, 0.3) is 10.2 Å². The Kier molecular flexibility index (Phi) is 6.38. The fraction of sp³-hybridized carbons (Fsp3) is 0.261. The van der Waals surface area contributed by atoms with Crippen molar-refractivity contribution in [2.24, 2.45) is 0 Å². The van der Waals surface area contributed by atoms with Crippen LogP contribution in [0.3, 0.4) is 0 Å². The molecule has 0 saturated heterocycles. The molecule has 0 atom stereocenters. The number of fused-ring (bicyclic) bond motifs is 1. The molecule has 4 rings (SSSR count). The normalized spacial score (nSPS) is 11.1. The van der Waals surface area contributed by atoms with E-state index >= 15 is 0 Å². The summed E-state index contributed by atoms with van der Waals surface area (Å²) in [7, 11) is 3.07. The third-order valence-electron chi connectivity index (χ3n) is 5.19. The summed E-state index contributed by atoms with van der Waals surface area (Å²) in [6.45, 7) is 4.16. The van der Waals surface area contributed by atoms with Crippen molar-refractivity contribution in [1.29, 1.82) is 0 Å². The lowest BCUT2D eigenvalue weighted by atomic mass is 10.1. The van der Waals surface area contributed by atoms with Crippen LogP contribution in [0, 0.1) is 13.8 Å². The highest BCUT2D eigenvalue weighted by atomic mass is 32.2. The average molecular weight is 471 g/mol. The maximum absolute atomic E-state index is 13.3. The smallest absolute Gasteiger partial charge is 0.263 e. The van der Waals surface area contributed by atoms with Crippen molar-refractivity contribution in [3.8, 4) is 11.5 Å². The summed E-state index contributed by atoms with van der Waals surface area (Å²) in [5, 5.41) is 1.10. The molecule has 32 heavy (non-hydrogen) atoms. The molecule has 7 nitrogen and oxygen atoms in total. The van der Waals surface area contributed by atoms with Crippen molar-refractivity contribution < 1.29 is 18.7 Å². The molecular weight excluding hydrogens is 448 g/mol. The van der Waals surface area contributed by atoms with Gasteiger partial charge in [-0.2, -0.15) is 0 Å². The van der Waals surface area contributed by atoms with Crippen molar-refractivity contribution in [2.45, 2.75) is 25.5 Å². The van der Waals surface area contributed by atoms with Crippen molar-refractivity contribution in [3.63, 3.8) is 0 Å². The molecular formula is C23H22N2O5S2. The number of thioether (sulfide) groups is 1. The van der Waals surface area contributed by atoms with E-state index < -0.39 is 0 Å². The number of aromatic nitrogens is 2. The van der Waals surface area contributed by atoms with Crippen LogP contribution in [0.4, 0.5) is 0 Å². The molecule has 0 bridgehead atoms. The summed E-state index contributed by atoms with van der Waals surface area (Å²) >= 11 is 2.72. The molecule has 0 N–H and O–H groups in total. The van der Waals surface area contributed by atoms with Gasteiger partial charge in [0.15, 0.2) is 22.4 Å². The molecule has 0 unspecified atom stereocenters. The van der Waals surface area contributed by atoms with E-state index in [1.807, 2.05) is 19.9 Å². The van der Waals surface area contributed by atoms with Crippen LogP contribution in [0.1, 0.15) is 26.6 Å². The molecule has 0 aliphatic carbocycles. The second kappa shape index (κ2) is 9.22. The lowest BCUT2D eigenvalue weighted by molar-refractivity contribution is 0.102. The van der Waals surface area contributed by atoms with E-state index in [0.717, 1.165) is 10.4 Å². The van der Waals surface area contributed by atoms with Gasteiger partial charge in [-0.05, 0) is 49.7 Å². The highest BCUT2D eigenvalue weighted by Gasteiger charge is 2.19. The lowest BCUT2D eigenvalue weighted by Gasteiger charge is -2.12. The number of thiophene rings is 1. The Morgan fingerprint density at radius 2 is 1.97 bits per heavy atom. The largest absolute Gasteiger partial charge is 0.493 e. The van der Waals surface area contributed by atoms with E-state index in [-0.39, 0.29) is 23.6 Å². The second-order valence-electron chi connectivity index (χ2n) is 7.11. The van der Waals surface area contributed by atoms with Crippen LogP contribution < -0.4 is 15.0 Å². The number of hydrogen-bond donors (Lipinski definition) is 0. The number of rotatable bonds is 8. The summed E-state index contributed by atoms with van der Waals surface area (Å²) in [5.41, 5.74) is 1.31. The number of carbonyl (C=O) groups excluding carboxylic acids is 1. The maximum Gasteiger partial charge on any atom is 0.263 e. The zero-order chi connectivity index (χ0) is 22.8. The number of methoxy groups -OCH3 is 2. The number of ether oxygens (including phenoxy) is 2. The Morgan fingerprint density at radius 1 is 1.19 bits per heavy atom. The van der Waals surface area contributed by atoms with Gasteiger partial charge in [0.05, 0.1) is 38.2 Å². The number of nitrogens with zero attached hydrogens (tertiary/aromatic N) is 2. The van der Waals surface area contributed by atoms with Crippen molar-refractivity contribution >= 4 is 39.1 Å². The number of hydrogen-bond acceptors (Lipinski definition) is 8. The summed E-state index contributed by atoms with van der Waals surface area (Å²) in [5.74, 6) is 1.70. The molecule has 4 aromatic rings. The summed E-state index contributed by atoms with van der Waals surface area (Å²) in [4.78, 5) is 32.7. The predicted octanol–water partition coefficient (Wildman–Crippen LogP) is 4.71. The first-order valence-corrected chi connectivity index (χ1v) is 11.6. The van der Waals surface area contributed by atoms with Crippen LogP contribution in [0.2, 0.25) is 0 Å². The Hall–Kier alpha value is -3.04. The molecule has 166 valence electrons. The molecule has 3 heterocycles. The van der Waals surface area contributed by atoms with Crippen LogP contribution in [-0.2, 0) is 6.54 Å². The van der Waals surface area contributed by atoms with E-state index in [4.69, 9.17) is 18.9 Å².